The molecule has 0 unspecified atom stereocenters. The first kappa shape index (κ1) is 27.3. The summed E-state index contributed by atoms with van der Waals surface area (Å²) < 4.78 is 38.8. The number of thiazole rings is 1. The number of benzene rings is 1. The van der Waals surface area contributed by atoms with Gasteiger partial charge < -0.3 is 20.6 Å². The van der Waals surface area contributed by atoms with Gasteiger partial charge in [-0.25, -0.2) is 19.7 Å². The van der Waals surface area contributed by atoms with Crippen molar-refractivity contribution in [2.45, 2.75) is 57.7 Å². The highest BCUT2D eigenvalue weighted by Crippen LogP contribution is 2.42. The second-order valence-corrected chi connectivity index (χ2v) is 9.80. The van der Waals surface area contributed by atoms with Gasteiger partial charge in [-0.1, -0.05) is 25.3 Å². The number of aliphatic hydroxyl groups is 1. The quantitative estimate of drug-likeness (QED) is 0.291. The molecule has 1 aliphatic rings. The number of anilines is 2. The summed E-state index contributed by atoms with van der Waals surface area (Å²) in [5.41, 5.74) is 0.391. The number of carboxylic acid groups (broad SMARTS) is 2. The van der Waals surface area contributed by atoms with E-state index in [9.17, 15) is 18.3 Å². The summed E-state index contributed by atoms with van der Waals surface area (Å²) in [6.07, 6.45) is 1.92. The Morgan fingerprint density at radius 2 is 1.78 bits per heavy atom. The maximum atomic E-state index is 12.9. The van der Waals surface area contributed by atoms with Crippen molar-refractivity contribution in [2.75, 3.05) is 5.32 Å². The van der Waals surface area contributed by atoms with Crippen molar-refractivity contribution in [2.24, 2.45) is 5.92 Å². The van der Waals surface area contributed by atoms with Gasteiger partial charge in [0.15, 0.2) is 0 Å². The van der Waals surface area contributed by atoms with Gasteiger partial charge in [-0.05, 0) is 61.9 Å². The molecule has 12 heteroatoms. The van der Waals surface area contributed by atoms with Crippen LogP contribution in [-0.2, 0) is 11.8 Å². The Morgan fingerprint density at radius 3 is 2.42 bits per heavy atom. The van der Waals surface area contributed by atoms with E-state index in [1.54, 1.807) is 6.20 Å². The molecule has 1 fully saturated rings. The van der Waals surface area contributed by atoms with Gasteiger partial charge in [0.1, 0.15) is 16.3 Å². The summed E-state index contributed by atoms with van der Waals surface area (Å²) in [5.74, 6) is 0.0737. The Balaban J connectivity index is 0.000000840. The molecule has 4 rings (SSSR count). The largest absolute Gasteiger partial charge is 0.503 e. The standard InChI is InChI=1S/C23H25F3N4OS.CH2O3/c1-14-10-15(12-17(11-14)29-21-27-9-8-19(30-21)23(24,25)26)18-13-28-20(32-18)22(2,31)16-6-4-3-5-7-16;2-1(3)4/h8-13,16,31H,3-7H2,1-2H3,(H,27,29,30);(H2,2,3,4)/t22-;/m1./s1. The molecule has 3 aromatic rings. The first-order valence-corrected chi connectivity index (χ1v) is 12.1. The number of aromatic nitrogens is 3. The Bertz CT molecular complexity index is 1190. The first-order chi connectivity index (χ1) is 16.9. The summed E-state index contributed by atoms with van der Waals surface area (Å²) in [7, 11) is 0. The monoisotopic (exact) mass is 524 g/mol. The number of halogens is 3. The van der Waals surface area contributed by atoms with Crippen molar-refractivity contribution < 1.29 is 33.3 Å². The molecule has 0 saturated heterocycles. The van der Waals surface area contributed by atoms with E-state index >= 15 is 0 Å². The van der Waals surface area contributed by atoms with Crippen LogP contribution in [0.5, 0.6) is 0 Å². The SMILES string of the molecule is Cc1cc(Nc2nccc(C(F)(F)F)n2)cc(-c2cnc([C@](C)(O)C3CCCCC3)s2)c1.O=C(O)O. The average molecular weight is 525 g/mol. The molecule has 1 atom stereocenters. The fourth-order valence-electron chi connectivity index (χ4n) is 4.18. The van der Waals surface area contributed by atoms with Crippen molar-refractivity contribution in [3.63, 3.8) is 0 Å². The number of aryl methyl sites for hydroxylation is 1. The molecule has 4 N–H and O–H groups in total. The number of hydrogen-bond acceptors (Lipinski definition) is 7. The van der Waals surface area contributed by atoms with Gasteiger partial charge in [0.25, 0.3) is 0 Å². The van der Waals surface area contributed by atoms with E-state index in [0.29, 0.717) is 10.7 Å². The minimum Gasteiger partial charge on any atom is -0.450 e. The maximum Gasteiger partial charge on any atom is 0.503 e. The molecule has 0 amide bonds. The zero-order chi connectivity index (χ0) is 26.5. The molecule has 0 radical (unpaired) electrons. The Morgan fingerprint density at radius 1 is 1.11 bits per heavy atom. The molecule has 0 bridgehead atoms. The second kappa shape index (κ2) is 11.2. The van der Waals surface area contributed by atoms with Crippen LogP contribution in [0.25, 0.3) is 10.4 Å². The lowest BCUT2D eigenvalue weighted by atomic mass is 9.78. The zero-order valence-electron chi connectivity index (χ0n) is 19.7. The Hall–Kier alpha value is -3.25. The van der Waals surface area contributed by atoms with Crippen molar-refractivity contribution in [3.05, 3.63) is 52.9 Å². The minimum absolute atomic E-state index is 0.124. The predicted molar refractivity (Wildman–Crippen MR) is 129 cm³/mol. The molecule has 0 spiro atoms. The minimum atomic E-state index is -4.54. The van der Waals surface area contributed by atoms with Crippen molar-refractivity contribution in [3.8, 4) is 10.4 Å². The Labute approximate surface area is 209 Å². The lowest BCUT2D eigenvalue weighted by Crippen LogP contribution is -2.33. The summed E-state index contributed by atoms with van der Waals surface area (Å²) in [5, 5.41) is 28.7. The Kier molecular flexibility index (Phi) is 8.51. The molecule has 2 heterocycles. The second-order valence-electron chi connectivity index (χ2n) is 8.77. The summed E-state index contributed by atoms with van der Waals surface area (Å²) in [6.45, 7) is 3.75. The third kappa shape index (κ3) is 7.14. The van der Waals surface area contributed by atoms with Gasteiger partial charge in [-0.2, -0.15) is 13.2 Å². The van der Waals surface area contributed by atoms with Gasteiger partial charge >= 0.3 is 12.3 Å². The molecule has 36 heavy (non-hydrogen) atoms. The van der Waals surface area contributed by atoms with Crippen LogP contribution in [0.3, 0.4) is 0 Å². The fraction of sp³-hybridized carbons (Fsp3) is 0.417. The molecule has 2 aromatic heterocycles. The van der Waals surface area contributed by atoms with Crippen LogP contribution in [0.4, 0.5) is 29.6 Å². The number of rotatable bonds is 5. The van der Waals surface area contributed by atoms with Crippen molar-refractivity contribution in [1.29, 1.82) is 0 Å². The molecule has 1 aliphatic carbocycles. The molecule has 1 aromatic carbocycles. The van der Waals surface area contributed by atoms with E-state index in [4.69, 9.17) is 15.0 Å². The number of nitrogens with one attached hydrogen (secondary N) is 1. The van der Waals surface area contributed by atoms with E-state index in [2.05, 4.69) is 20.3 Å². The highest BCUT2D eigenvalue weighted by molar-refractivity contribution is 7.15. The molecule has 8 nitrogen and oxygen atoms in total. The highest BCUT2D eigenvalue weighted by atomic mass is 32.1. The fourth-order valence-corrected chi connectivity index (χ4v) is 5.21. The van der Waals surface area contributed by atoms with Crippen LogP contribution in [-0.4, -0.2) is 36.4 Å². The highest BCUT2D eigenvalue weighted by Gasteiger charge is 2.37. The average Bonchev–Trinajstić information content (AvgIpc) is 3.30. The summed E-state index contributed by atoms with van der Waals surface area (Å²) in [4.78, 5) is 21.4. The van der Waals surface area contributed by atoms with E-state index in [-0.39, 0.29) is 11.9 Å². The van der Waals surface area contributed by atoms with E-state index in [1.165, 1.54) is 17.8 Å². The van der Waals surface area contributed by atoms with Crippen LogP contribution < -0.4 is 5.32 Å². The van der Waals surface area contributed by atoms with Crippen LogP contribution >= 0.6 is 11.3 Å². The van der Waals surface area contributed by atoms with Gasteiger partial charge in [0.05, 0.1) is 4.88 Å². The third-order valence-corrected chi connectivity index (χ3v) is 7.18. The number of alkyl halides is 3. The van der Waals surface area contributed by atoms with Crippen LogP contribution in [0.2, 0.25) is 0 Å². The van der Waals surface area contributed by atoms with Crippen LogP contribution in [0, 0.1) is 12.8 Å². The number of carbonyl (C=O) groups is 1. The summed E-state index contributed by atoms with van der Waals surface area (Å²) >= 11 is 1.45. The van der Waals surface area contributed by atoms with E-state index in [0.717, 1.165) is 54.0 Å². The van der Waals surface area contributed by atoms with Crippen LogP contribution in [0.1, 0.15) is 55.3 Å². The number of hydrogen-bond donors (Lipinski definition) is 4. The van der Waals surface area contributed by atoms with E-state index < -0.39 is 23.6 Å². The van der Waals surface area contributed by atoms with Crippen LogP contribution in [0.15, 0.2) is 36.7 Å². The smallest absolute Gasteiger partial charge is 0.450 e. The topological polar surface area (TPSA) is 128 Å². The lowest BCUT2D eigenvalue weighted by Gasteiger charge is -2.33. The normalized spacial score (nSPS) is 15.9. The van der Waals surface area contributed by atoms with Crippen molar-refractivity contribution in [1.82, 2.24) is 15.0 Å². The molecule has 194 valence electrons. The van der Waals surface area contributed by atoms with Gasteiger partial charge in [-0.3, -0.25) is 0 Å². The third-order valence-electron chi connectivity index (χ3n) is 5.90. The zero-order valence-corrected chi connectivity index (χ0v) is 20.5. The lowest BCUT2D eigenvalue weighted by molar-refractivity contribution is -0.141. The first-order valence-electron chi connectivity index (χ1n) is 11.3. The maximum absolute atomic E-state index is 12.9. The molecule has 0 aliphatic heterocycles. The number of nitrogens with zero attached hydrogens (tertiary/aromatic N) is 3. The summed E-state index contributed by atoms with van der Waals surface area (Å²) in [6, 6.07) is 6.45. The predicted octanol–water partition coefficient (Wildman–Crippen LogP) is 6.68. The molecular formula is C24H27F3N4O4S. The molecular weight excluding hydrogens is 497 g/mol. The van der Waals surface area contributed by atoms with Gasteiger partial charge in [0, 0.05) is 18.1 Å². The molecule has 1 saturated carbocycles. The van der Waals surface area contributed by atoms with Gasteiger partial charge in [0.2, 0.25) is 5.95 Å². The van der Waals surface area contributed by atoms with Crippen molar-refractivity contribution >= 4 is 29.1 Å². The van der Waals surface area contributed by atoms with E-state index in [1.807, 2.05) is 32.0 Å². The van der Waals surface area contributed by atoms with Gasteiger partial charge in [-0.15, -0.1) is 11.3 Å².